The number of benzene rings is 1. The summed E-state index contributed by atoms with van der Waals surface area (Å²) < 4.78 is 27.6. The molecule has 2 rings (SSSR count). The third-order valence-corrected chi connectivity index (χ3v) is 5.65. The van der Waals surface area contributed by atoms with E-state index in [1.165, 1.54) is 23.1 Å². The lowest BCUT2D eigenvalue weighted by atomic mass is 10.2. The molecule has 0 fully saturated rings. The van der Waals surface area contributed by atoms with Crippen LogP contribution in [0.4, 0.5) is 0 Å². The van der Waals surface area contributed by atoms with Crippen molar-refractivity contribution in [3.8, 4) is 0 Å². The fourth-order valence-electron chi connectivity index (χ4n) is 1.68. The molecule has 1 aromatic carbocycles. The number of halogens is 2. The van der Waals surface area contributed by atoms with Crippen molar-refractivity contribution in [1.29, 1.82) is 0 Å². The number of rotatable bonds is 4. The van der Waals surface area contributed by atoms with Gasteiger partial charge in [0.15, 0.2) is 4.60 Å². The minimum atomic E-state index is -3.67. The summed E-state index contributed by atoms with van der Waals surface area (Å²) >= 11 is 8.90. The van der Waals surface area contributed by atoms with Gasteiger partial charge in [-0.25, -0.2) is 13.1 Å². The fourth-order valence-corrected chi connectivity index (χ4v) is 3.98. The maximum atomic E-state index is 12.5. The predicted octanol–water partition coefficient (Wildman–Crippen LogP) is 2.05. The predicted molar refractivity (Wildman–Crippen MR) is 78.8 cm³/mol. The highest BCUT2D eigenvalue weighted by atomic mass is 79.9. The highest BCUT2D eigenvalue weighted by Crippen LogP contribution is 2.22. The Labute approximate surface area is 130 Å². The molecule has 1 aromatic heterocycles. The smallest absolute Gasteiger partial charge is 0.235 e. The second kappa shape index (κ2) is 5.80. The average Bonchev–Trinajstić information content (AvgIpc) is 2.72. The second-order valence-electron chi connectivity index (χ2n) is 4.20. The van der Waals surface area contributed by atoms with E-state index in [1.807, 2.05) is 0 Å². The molecule has 6 nitrogen and oxygen atoms in total. The molecule has 0 spiro atoms. The largest absolute Gasteiger partial charge is 0.263 e. The number of aromatic nitrogens is 3. The van der Waals surface area contributed by atoms with Crippen LogP contribution < -0.4 is 0 Å². The molecule has 0 aliphatic heterocycles. The minimum absolute atomic E-state index is 0.0222. The molecule has 9 heteroatoms. The highest BCUT2D eigenvalue weighted by molar-refractivity contribution is 9.10. The van der Waals surface area contributed by atoms with E-state index in [0.717, 1.165) is 5.56 Å². The maximum Gasteiger partial charge on any atom is 0.263 e. The molecule has 0 unspecified atom stereocenters. The zero-order chi connectivity index (χ0) is 14.9. The summed E-state index contributed by atoms with van der Waals surface area (Å²) in [6.07, 6.45) is 0. The molecule has 0 bridgehead atoms. The Morgan fingerprint density at radius 1 is 1.35 bits per heavy atom. The molecule has 0 aliphatic carbocycles. The van der Waals surface area contributed by atoms with Gasteiger partial charge in [0.25, 0.3) is 10.0 Å². The quantitative estimate of drug-likeness (QED) is 0.815. The van der Waals surface area contributed by atoms with Gasteiger partial charge in [0, 0.05) is 25.7 Å². The molecule has 0 aliphatic rings. The van der Waals surface area contributed by atoms with Crippen molar-refractivity contribution in [2.75, 3.05) is 7.05 Å². The summed E-state index contributed by atoms with van der Waals surface area (Å²) in [5, 5.41) is 8.00. The molecule has 2 aromatic rings. The first kappa shape index (κ1) is 15.4. The van der Waals surface area contributed by atoms with Crippen LogP contribution in [0.5, 0.6) is 0 Å². The van der Waals surface area contributed by atoms with Crippen molar-refractivity contribution in [2.24, 2.45) is 7.05 Å². The van der Waals surface area contributed by atoms with Gasteiger partial charge >= 0.3 is 0 Å². The standard InChI is InChI=1S/C11H12BrClN4O2S/c1-16(7-8-3-5-9(13)6-4-8)20(18,19)11-10(12)14-15-17(11)2/h3-6H,7H2,1-2H3. The van der Waals surface area contributed by atoms with E-state index in [-0.39, 0.29) is 16.2 Å². The summed E-state index contributed by atoms with van der Waals surface area (Å²) in [6, 6.07) is 7.01. The van der Waals surface area contributed by atoms with Crippen LogP contribution in [0.1, 0.15) is 5.56 Å². The topological polar surface area (TPSA) is 68.1 Å². The molecule has 0 radical (unpaired) electrons. The number of nitrogens with zero attached hydrogens (tertiary/aromatic N) is 4. The Morgan fingerprint density at radius 3 is 2.45 bits per heavy atom. The van der Waals surface area contributed by atoms with Gasteiger partial charge in [0.05, 0.1) is 0 Å². The minimum Gasteiger partial charge on any atom is -0.235 e. The Morgan fingerprint density at radius 2 is 1.95 bits per heavy atom. The third-order valence-electron chi connectivity index (χ3n) is 2.71. The number of sulfonamides is 1. The van der Waals surface area contributed by atoms with Gasteiger partial charge in [-0.05, 0) is 33.6 Å². The van der Waals surface area contributed by atoms with Crippen LogP contribution in [-0.2, 0) is 23.6 Å². The van der Waals surface area contributed by atoms with Crippen LogP contribution >= 0.6 is 27.5 Å². The van der Waals surface area contributed by atoms with E-state index < -0.39 is 10.0 Å². The van der Waals surface area contributed by atoms with Crippen LogP contribution in [0.15, 0.2) is 33.9 Å². The van der Waals surface area contributed by atoms with E-state index >= 15 is 0 Å². The zero-order valence-electron chi connectivity index (χ0n) is 10.8. The van der Waals surface area contributed by atoms with Gasteiger partial charge in [0.2, 0.25) is 5.03 Å². The van der Waals surface area contributed by atoms with Crippen LogP contribution in [-0.4, -0.2) is 34.8 Å². The molecule has 20 heavy (non-hydrogen) atoms. The first-order chi connectivity index (χ1) is 9.32. The van der Waals surface area contributed by atoms with Crippen molar-refractivity contribution in [3.63, 3.8) is 0 Å². The third kappa shape index (κ3) is 3.03. The van der Waals surface area contributed by atoms with Crippen LogP contribution in [0.2, 0.25) is 5.02 Å². The van der Waals surface area contributed by atoms with Crippen molar-refractivity contribution in [3.05, 3.63) is 39.5 Å². The number of hydrogen-bond acceptors (Lipinski definition) is 4. The fraction of sp³-hybridized carbons (Fsp3) is 0.273. The Balaban J connectivity index is 2.28. The highest BCUT2D eigenvalue weighted by Gasteiger charge is 2.28. The molecule has 0 N–H and O–H groups in total. The summed E-state index contributed by atoms with van der Waals surface area (Å²) in [7, 11) is -0.642. The maximum absolute atomic E-state index is 12.5. The van der Waals surface area contributed by atoms with Crippen LogP contribution in [0.25, 0.3) is 0 Å². The normalized spacial score (nSPS) is 12.1. The lowest BCUT2D eigenvalue weighted by Crippen LogP contribution is -2.28. The molecule has 0 saturated heterocycles. The van der Waals surface area contributed by atoms with Crippen LogP contribution in [0.3, 0.4) is 0 Å². The number of aryl methyl sites for hydroxylation is 1. The van der Waals surface area contributed by atoms with Gasteiger partial charge in [0.1, 0.15) is 0 Å². The Kier molecular flexibility index (Phi) is 4.48. The molecule has 0 atom stereocenters. The van der Waals surface area contributed by atoms with E-state index in [9.17, 15) is 8.42 Å². The summed E-state index contributed by atoms with van der Waals surface area (Å²) in [5.41, 5.74) is 0.840. The van der Waals surface area contributed by atoms with Crippen molar-refractivity contribution >= 4 is 37.6 Å². The van der Waals surface area contributed by atoms with Gasteiger partial charge in [-0.1, -0.05) is 28.9 Å². The van der Waals surface area contributed by atoms with E-state index in [0.29, 0.717) is 5.02 Å². The van der Waals surface area contributed by atoms with Gasteiger partial charge in [-0.15, -0.1) is 5.10 Å². The van der Waals surface area contributed by atoms with Crippen LogP contribution in [0, 0.1) is 0 Å². The van der Waals surface area contributed by atoms with E-state index in [2.05, 4.69) is 26.2 Å². The summed E-state index contributed by atoms with van der Waals surface area (Å²) in [4.78, 5) is 0. The monoisotopic (exact) mass is 378 g/mol. The average molecular weight is 380 g/mol. The molecule has 0 saturated carbocycles. The first-order valence-electron chi connectivity index (χ1n) is 5.58. The lowest BCUT2D eigenvalue weighted by Gasteiger charge is -2.17. The van der Waals surface area contributed by atoms with Gasteiger partial charge < -0.3 is 0 Å². The molecule has 0 amide bonds. The second-order valence-corrected chi connectivity index (χ2v) is 7.34. The Bertz CT molecular complexity index is 695. The molecular weight excluding hydrogens is 368 g/mol. The molecular formula is C11H12BrClN4O2S. The summed E-state index contributed by atoms with van der Waals surface area (Å²) in [6.45, 7) is 0.233. The summed E-state index contributed by atoms with van der Waals surface area (Å²) in [5.74, 6) is 0. The van der Waals surface area contributed by atoms with Gasteiger partial charge in [-0.3, -0.25) is 0 Å². The van der Waals surface area contributed by atoms with Crippen molar-refractivity contribution < 1.29 is 8.42 Å². The Hall–Kier alpha value is -0.960. The lowest BCUT2D eigenvalue weighted by molar-refractivity contribution is 0.456. The van der Waals surface area contributed by atoms with E-state index in [4.69, 9.17) is 11.6 Å². The first-order valence-corrected chi connectivity index (χ1v) is 8.19. The molecule has 1 heterocycles. The number of hydrogen-bond donors (Lipinski definition) is 0. The molecule has 108 valence electrons. The zero-order valence-corrected chi connectivity index (χ0v) is 13.9. The SMILES string of the molecule is CN(Cc1ccc(Cl)cc1)S(=O)(=O)c1c(Br)nnn1C. The van der Waals surface area contributed by atoms with Gasteiger partial charge in [-0.2, -0.15) is 4.31 Å². The van der Waals surface area contributed by atoms with Crippen molar-refractivity contribution in [2.45, 2.75) is 11.6 Å². The van der Waals surface area contributed by atoms with E-state index in [1.54, 1.807) is 24.3 Å². The van der Waals surface area contributed by atoms with Crippen molar-refractivity contribution in [1.82, 2.24) is 19.3 Å².